The second-order valence-corrected chi connectivity index (χ2v) is 7.35. The number of pyridine rings is 1. The van der Waals surface area contributed by atoms with Crippen molar-refractivity contribution in [3.63, 3.8) is 0 Å². The SMILES string of the molecule is C[C@@H](OC(=O)CCN1C(=O)NC2(CCCC2)C1=O)C(=O)Nc1ccc(Cl)cn1. The highest BCUT2D eigenvalue weighted by Gasteiger charge is 2.52. The van der Waals surface area contributed by atoms with Gasteiger partial charge in [-0.3, -0.25) is 19.3 Å². The van der Waals surface area contributed by atoms with Crippen LogP contribution >= 0.6 is 11.6 Å². The summed E-state index contributed by atoms with van der Waals surface area (Å²) >= 11 is 5.73. The molecule has 28 heavy (non-hydrogen) atoms. The molecule has 1 aliphatic heterocycles. The highest BCUT2D eigenvalue weighted by atomic mass is 35.5. The lowest BCUT2D eigenvalue weighted by Crippen LogP contribution is -2.44. The van der Waals surface area contributed by atoms with Crippen molar-refractivity contribution < 1.29 is 23.9 Å². The molecule has 10 heteroatoms. The fraction of sp³-hybridized carbons (Fsp3) is 0.500. The van der Waals surface area contributed by atoms with Crippen LogP contribution in [0.4, 0.5) is 10.6 Å². The Bertz CT molecular complexity index is 792. The lowest BCUT2D eigenvalue weighted by molar-refractivity contribution is -0.153. The first kappa shape index (κ1) is 20.1. The van der Waals surface area contributed by atoms with Crippen molar-refractivity contribution in [2.24, 2.45) is 0 Å². The van der Waals surface area contributed by atoms with Crippen LogP contribution in [0, 0.1) is 0 Å². The highest BCUT2D eigenvalue weighted by Crippen LogP contribution is 2.35. The number of halogens is 1. The molecule has 9 nitrogen and oxygen atoms in total. The lowest BCUT2D eigenvalue weighted by atomic mass is 9.98. The number of anilines is 1. The Balaban J connectivity index is 1.47. The largest absolute Gasteiger partial charge is 0.452 e. The molecule has 1 saturated carbocycles. The van der Waals surface area contributed by atoms with Gasteiger partial charge >= 0.3 is 12.0 Å². The van der Waals surface area contributed by atoms with Gasteiger partial charge in [-0.15, -0.1) is 0 Å². The zero-order valence-corrected chi connectivity index (χ0v) is 16.1. The van der Waals surface area contributed by atoms with Crippen LogP contribution in [0.1, 0.15) is 39.0 Å². The lowest BCUT2D eigenvalue weighted by Gasteiger charge is -2.20. The van der Waals surface area contributed by atoms with Gasteiger partial charge in [0.15, 0.2) is 6.10 Å². The maximum Gasteiger partial charge on any atom is 0.325 e. The van der Waals surface area contributed by atoms with Gasteiger partial charge in [-0.1, -0.05) is 24.4 Å². The Morgan fingerprint density at radius 1 is 1.36 bits per heavy atom. The van der Waals surface area contributed by atoms with E-state index in [2.05, 4.69) is 15.6 Å². The first-order valence-electron chi connectivity index (χ1n) is 9.07. The van der Waals surface area contributed by atoms with E-state index in [-0.39, 0.29) is 24.7 Å². The van der Waals surface area contributed by atoms with Gasteiger partial charge in [0.1, 0.15) is 11.4 Å². The molecule has 1 spiro atoms. The Hall–Kier alpha value is -2.68. The summed E-state index contributed by atoms with van der Waals surface area (Å²) in [6, 6.07) is 2.60. The standard InChI is InChI=1S/C18H21ClN4O5/c1-11(15(25)21-13-5-4-12(19)10-20-13)28-14(24)6-9-23-16(26)18(22-17(23)27)7-2-3-8-18/h4-5,10-11H,2-3,6-9H2,1H3,(H,22,27)(H,20,21,25)/t11-/m1/s1. The van der Waals surface area contributed by atoms with Crippen molar-refractivity contribution in [2.75, 3.05) is 11.9 Å². The highest BCUT2D eigenvalue weighted by molar-refractivity contribution is 6.30. The van der Waals surface area contributed by atoms with E-state index in [1.54, 1.807) is 6.07 Å². The number of nitrogens with one attached hydrogen (secondary N) is 2. The first-order chi connectivity index (χ1) is 13.3. The average Bonchev–Trinajstić information content (AvgIpc) is 3.21. The van der Waals surface area contributed by atoms with Gasteiger partial charge in [0.2, 0.25) is 0 Å². The molecule has 1 aromatic heterocycles. The van der Waals surface area contributed by atoms with Gasteiger partial charge in [0.25, 0.3) is 11.8 Å². The molecule has 3 rings (SSSR count). The Kier molecular flexibility index (Phi) is 5.83. The molecule has 1 aliphatic carbocycles. The molecular weight excluding hydrogens is 388 g/mol. The monoisotopic (exact) mass is 408 g/mol. The fourth-order valence-corrected chi connectivity index (χ4v) is 3.50. The van der Waals surface area contributed by atoms with Crippen molar-refractivity contribution in [2.45, 2.75) is 50.7 Å². The summed E-state index contributed by atoms with van der Waals surface area (Å²) < 4.78 is 5.08. The number of carbonyl (C=O) groups excluding carboxylic acids is 4. The van der Waals surface area contributed by atoms with Gasteiger partial charge in [0, 0.05) is 12.7 Å². The van der Waals surface area contributed by atoms with Crippen LogP contribution in [0.2, 0.25) is 5.02 Å². The van der Waals surface area contributed by atoms with Gasteiger partial charge in [0.05, 0.1) is 11.4 Å². The normalized spacial score (nSPS) is 18.9. The summed E-state index contributed by atoms with van der Waals surface area (Å²) in [5, 5.41) is 5.68. The molecule has 2 N–H and O–H groups in total. The molecule has 2 fully saturated rings. The van der Waals surface area contributed by atoms with E-state index < -0.39 is 29.6 Å². The summed E-state index contributed by atoms with van der Waals surface area (Å²) in [4.78, 5) is 53.7. The Morgan fingerprint density at radius 3 is 2.71 bits per heavy atom. The van der Waals surface area contributed by atoms with Crippen LogP contribution in [0.5, 0.6) is 0 Å². The Morgan fingerprint density at radius 2 is 2.07 bits per heavy atom. The van der Waals surface area contributed by atoms with Crippen LogP contribution in [-0.2, 0) is 19.1 Å². The van der Waals surface area contributed by atoms with Crippen LogP contribution in [0.15, 0.2) is 18.3 Å². The smallest absolute Gasteiger partial charge is 0.325 e. The molecule has 1 saturated heterocycles. The number of esters is 1. The molecule has 0 radical (unpaired) electrons. The topological polar surface area (TPSA) is 118 Å². The minimum Gasteiger partial charge on any atom is -0.452 e. The van der Waals surface area contributed by atoms with Crippen molar-refractivity contribution in [3.05, 3.63) is 23.4 Å². The van der Waals surface area contributed by atoms with Crippen LogP contribution in [-0.4, -0.2) is 51.9 Å². The summed E-state index contributed by atoms with van der Waals surface area (Å²) in [7, 11) is 0. The number of rotatable bonds is 6. The molecule has 150 valence electrons. The number of carbonyl (C=O) groups is 4. The van der Waals surface area contributed by atoms with Gasteiger partial charge < -0.3 is 15.4 Å². The van der Waals surface area contributed by atoms with Crippen molar-refractivity contribution in [1.29, 1.82) is 0 Å². The summed E-state index contributed by atoms with van der Waals surface area (Å²) in [6.45, 7) is 1.34. The molecule has 0 unspecified atom stereocenters. The van der Waals surface area contributed by atoms with Crippen molar-refractivity contribution >= 4 is 41.2 Å². The summed E-state index contributed by atoms with van der Waals surface area (Å²) in [5.41, 5.74) is -0.806. The number of hydrogen-bond acceptors (Lipinski definition) is 6. The Labute approximate surface area is 166 Å². The number of amides is 4. The van der Waals surface area contributed by atoms with E-state index in [4.69, 9.17) is 16.3 Å². The summed E-state index contributed by atoms with van der Waals surface area (Å²) in [5.74, 6) is -1.25. The maximum atomic E-state index is 12.5. The third-order valence-electron chi connectivity index (χ3n) is 4.90. The van der Waals surface area contributed by atoms with Gasteiger partial charge in [-0.2, -0.15) is 0 Å². The van der Waals surface area contributed by atoms with Gasteiger partial charge in [-0.25, -0.2) is 9.78 Å². The van der Waals surface area contributed by atoms with E-state index >= 15 is 0 Å². The van der Waals surface area contributed by atoms with E-state index in [1.807, 2.05) is 0 Å². The van der Waals surface area contributed by atoms with E-state index in [0.717, 1.165) is 17.7 Å². The molecule has 2 heterocycles. The predicted octanol–water partition coefficient (Wildman–Crippen LogP) is 1.86. The number of nitrogens with zero attached hydrogens (tertiary/aromatic N) is 2. The quantitative estimate of drug-likeness (QED) is 0.548. The second-order valence-electron chi connectivity index (χ2n) is 6.91. The predicted molar refractivity (Wildman–Crippen MR) is 99.5 cm³/mol. The van der Waals surface area contributed by atoms with Gasteiger partial charge in [-0.05, 0) is 31.9 Å². The number of aromatic nitrogens is 1. The zero-order chi connectivity index (χ0) is 20.3. The number of hydrogen-bond donors (Lipinski definition) is 2. The molecule has 1 atom stereocenters. The van der Waals surface area contributed by atoms with E-state index in [1.165, 1.54) is 19.2 Å². The van der Waals surface area contributed by atoms with Crippen LogP contribution in [0.25, 0.3) is 0 Å². The van der Waals surface area contributed by atoms with Crippen molar-refractivity contribution in [1.82, 2.24) is 15.2 Å². The number of imide groups is 1. The molecular formula is C18H21ClN4O5. The number of ether oxygens (including phenoxy) is 1. The third-order valence-corrected chi connectivity index (χ3v) is 5.12. The van der Waals surface area contributed by atoms with E-state index in [0.29, 0.717) is 17.9 Å². The number of urea groups is 1. The average molecular weight is 409 g/mol. The molecule has 4 amide bonds. The molecule has 2 aliphatic rings. The summed E-state index contributed by atoms with van der Waals surface area (Å²) in [6.07, 6.45) is 3.14. The first-order valence-corrected chi connectivity index (χ1v) is 9.44. The van der Waals surface area contributed by atoms with Crippen LogP contribution in [0.3, 0.4) is 0 Å². The molecule has 0 aromatic carbocycles. The van der Waals surface area contributed by atoms with E-state index in [9.17, 15) is 19.2 Å². The molecule has 0 bridgehead atoms. The van der Waals surface area contributed by atoms with Crippen molar-refractivity contribution in [3.8, 4) is 0 Å². The minimum absolute atomic E-state index is 0.0850. The second kappa shape index (κ2) is 8.14. The maximum absolute atomic E-state index is 12.5. The van der Waals surface area contributed by atoms with Crippen LogP contribution < -0.4 is 10.6 Å². The molecule has 1 aromatic rings. The minimum atomic E-state index is -1.06. The zero-order valence-electron chi connectivity index (χ0n) is 15.4. The fourth-order valence-electron chi connectivity index (χ4n) is 3.39. The third kappa shape index (κ3) is 4.24.